The summed E-state index contributed by atoms with van der Waals surface area (Å²) in [5, 5.41) is 22.6. The van der Waals surface area contributed by atoms with Gasteiger partial charge in [0.2, 0.25) is 0 Å². The van der Waals surface area contributed by atoms with Gasteiger partial charge in [-0.2, -0.15) is 5.26 Å². The molecule has 0 fully saturated rings. The summed E-state index contributed by atoms with van der Waals surface area (Å²) in [7, 11) is 0. The van der Waals surface area contributed by atoms with Gasteiger partial charge in [0.25, 0.3) is 5.69 Å². The number of rotatable bonds is 6. The van der Waals surface area contributed by atoms with Crippen LogP contribution in [-0.4, -0.2) is 11.5 Å². The van der Waals surface area contributed by atoms with Crippen LogP contribution in [0.5, 0.6) is 0 Å². The zero-order chi connectivity index (χ0) is 13.4. The van der Waals surface area contributed by atoms with E-state index in [0.717, 1.165) is 19.3 Å². The molecule has 0 aliphatic heterocycles. The number of hydrogen-bond acceptors (Lipinski definition) is 4. The molecule has 0 bridgehead atoms. The molecule has 0 aromatic heterocycles. The summed E-state index contributed by atoms with van der Waals surface area (Å²) in [6, 6.07) is 6.14. The van der Waals surface area contributed by atoms with Crippen molar-refractivity contribution in [2.75, 3.05) is 11.9 Å². The van der Waals surface area contributed by atoms with Crippen molar-refractivity contribution in [3.8, 4) is 18.4 Å². The molecule has 0 spiro atoms. The average Bonchev–Trinajstić information content (AvgIpc) is 2.38. The van der Waals surface area contributed by atoms with E-state index >= 15 is 0 Å². The largest absolute Gasteiger partial charge is 0.384 e. The van der Waals surface area contributed by atoms with Crippen LogP contribution in [0.25, 0.3) is 0 Å². The first-order valence-corrected chi connectivity index (χ1v) is 5.55. The highest BCUT2D eigenvalue weighted by Gasteiger charge is 2.09. The van der Waals surface area contributed by atoms with E-state index in [1.54, 1.807) is 6.07 Å². The lowest BCUT2D eigenvalue weighted by atomic mass is 10.1. The number of nitro groups is 1. The SMILES string of the molecule is C#CCCCCNc1ccc([N+](=O)[O-])cc1C#N. The lowest BCUT2D eigenvalue weighted by Gasteiger charge is -2.07. The van der Waals surface area contributed by atoms with Crippen molar-refractivity contribution in [3.05, 3.63) is 33.9 Å². The second kappa shape index (κ2) is 6.93. The van der Waals surface area contributed by atoms with E-state index in [-0.39, 0.29) is 11.3 Å². The molecule has 0 heterocycles. The van der Waals surface area contributed by atoms with Crippen LogP contribution in [0.15, 0.2) is 18.2 Å². The molecule has 0 unspecified atom stereocenters. The van der Waals surface area contributed by atoms with Gasteiger partial charge < -0.3 is 5.32 Å². The minimum Gasteiger partial charge on any atom is -0.384 e. The van der Waals surface area contributed by atoms with Gasteiger partial charge in [0, 0.05) is 25.1 Å². The van der Waals surface area contributed by atoms with Crippen LogP contribution in [0, 0.1) is 33.8 Å². The van der Waals surface area contributed by atoms with Crippen molar-refractivity contribution < 1.29 is 4.92 Å². The Morgan fingerprint density at radius 3 is 2.83 bits per heavy atom. The number of nitrogens with one attached hydrogen (secondary N) is 1. The van der Waals surface area contributed by atoms with E-state index in [2.05, 4.69) is 11.2 Å². The Hall–Kier alpha value is -2.53. The topological polar surface area (TPSA) is 79.0 Å². The van der Waals surface area contributed by atoms with Gasteiger partial charge in [0.05, 0.1) is 16.2 Å². The maximum Gasteiger partial charge on any atom is 0.270 e. The first-order chi connectivity index (χ1) is 8.69. The lowest BCUT2D eigenvalue weighted by molar-refractivity contribution is -0.384. The number of nitriles is 1. The Morgan fingerprint density at radius 1 is 1.44 bits per heavy atom. The van der Waals surface area contributed by atoms with Gasteiger partial charge in [0.15, 0.2) is 0 Å². The Labute approximate surface area is 106 Å². The smallest absolute Gasteiger partial charge is 0.270 e. The van der Waals surface area contributed by atoms with Crippen molar-refractivity contribution in [1.29, 1.82) is 5.26 Å². The quantitative estimate of drug-likeness (QED) is 0.360. The molecule has 92 valence electrons. The molecule has 0 saturated heterocycles. The fraction of sp³-hybridized carbons (Fsp3) is 0.308. The number of nitro benzene ring substituents is 1. The molecule has 0 atom stereocenters. The minimum atomic E-state index is -0.516. The van der Waals surface area contributed by atoms with Gasteiger partial charge in [0.1, 0.15) is 6.07 Å². The molecule has 0 radical (unpaired) electrons. The van der Waals surface area contributed by atoms with Crippen LogP contribution in [0.4, 0.5) is 11.4 Å². The van der Waals surface area contributed by atoms with Crippen molar-refractivity contribution in [1.82, 2.24) is 0 Å². The standard InChI is InChI=1S/C13H13N3O2/c1-2-3-4-5-8-15-13-7-6-12(16(17)18)9-11(13)10-14/h1,6-7,9,15H,3-5,8H2. The zero-order valence-corrected chi connectivity index (χ0v) is 9.85. The molecule has 0 aliphatic carbocycles. The second-order valence-electron chi connectivity index (χ2n) is 3.69. The molecule has 18 heavy (non-hydrogen) atoms. The summed E-state index contributed by atoms with van der Waals surface area (Å²) >= 11 is 0. The summed E-state index contributed by atoms with van der Waals surface area (Å²) in [6.45, 7) is 0.689. The number of benzene rings is 1. The number of anilines is 1. The highest BCUT2D eigenvalue weighted by atomic mass is 16.6. The van der Waals surface area contributed by atoms with Crippen molar-refractivity contribution >= 4 is 11.4 Å². The molecule has 1 aromatic carbocycles. The number of unbranched alkanes of at least 4 members (excludes halogenated alkanes) is 2. The van der Waals surface area contributed by atoms with Gasteiger partial charge in [-0.05, 0) is 18.9 Å². The minimum absolute atomic E-state index is 0.0792. The Kier molecular flexibility index (Phi) is 5.21. The van der Waals surface area contributed by atoms with Crippen molar-refractivity contribution in [2.45, 2.75) is 19.3 Å². The molecule has 5 nitrogen and oxygen atoms in total. The van der Waals surface area contributed by atoms with E-state index in [1.807, 2.05) is 6.07 Å². The molecule has 1 aromatic rings. The van der Waals surface area contributed by atoms with Crippen LogP contribution in [-0.2, 0) is 0 Å². The highest BCUT2D eigenvalue weighted by Crippen LogP contribution is 2.21. The summed E-state index contributed by atoms with van der Waals surface area (Å²) in [6.07, 6.45) is 7.67. The maximum atomic E-state index is 10.6. The van der Waals surface area contributed by atoms with Crippen LogP contribution >= 0.6 is 0 Å². The normalized spacial score (nSPS) is 9.22. The van der Waals surface area contributed by atoms with E-state index in [0.29, 0.717) is 12.2 Å². The summed E-state index contributed by atoms with van der Waals surface area (Å²) in [5.74, 6) is 2.55. The Balaban J connectivity index is 2.64. The molecular formula is C13H13N3O2. The predicted octanol–water partition coefficient (Wildman–Crippen LogP) is 2.68. The fourth-order valence-electron chi connectivity index (χ4n) is 1.47. The Bertz CT molecular complexity index is 512. The first-order valence-electron chi connectivity index (χ1n) is 5.55. The van der Waals surface area contributed by atoms with Crippen molar-refractivity contribution in [2.24, 2.45) is 0 Å². The summed E-state index contributed by atoms with van der Waals surface area (Å²) < 4.78 is 0. The monoisotopic (exact) mass is 243 g/mol. The highest BCUT2D eigenvalue weighted by molar-refractivity contribution is 5.61. The number of nitrogens with zero attached hydrogens (tertiary/aromatic N) is 2. The number of hydrogen-bond donors (Lipinski definition) is 1. The molecule has 0 aliphatic rings. The molecular weight excluding hydrogens is 230 g/mol. The van der Waals surface area contributed by atoms with Crippen LogP contribution < -0.4 is 5.32 Å². The van der Waals surface area contributed by atoms with Crippen LogP contribution in [0.2, 0.25) is 0 Å². The fourth-order valence-corrected chi connectivity index (χ4v) is 1.47. The van der Waals surface area contributed by atoms with E-state index in [9.17, 15) is 10.1 Å². The lowest BCUT2D eigenvalue weighted by Crippen LogP contribution is -2.03. The predicted molar refractivity (Wildman–Crippen MR) is 69.0 cm³/mol. The van der Waals surface area contributed by atoms with Crippen LogP contribution in [0.1, 0.15) is 24.8 Å². The third-order valence-corrected chi connectivity index (χ3v) is 2.40. The molecule has 0 amide bonds. The van der Waals surface area contributed by atoms with E-state index in [1.165, 1.54) is 12.1 Å². The summed E-state index contributed by atoms with van der Waals surface area (Å²) in [4.78, 5) is 10.1. The Morgan fingerprint density at radius 2 is 2.22 bits per heavy atom. The maximum absolute atomic E-state index is 10.6. The van der Waals surface area contributed by atoms with Gasteiger partial charge in [-0.15, -0.1) is 12.3 Å². The molecule has 1 N–H and O–H groups in total. The first kappa shape index (κ1) is 13.5. The number of terminal acetylenes is 1. The van der Waals surface area contributed by atoms with Gasteiger partial charge >= 0.3 is 0 Å². The third kappa shape index (κ3) is 3.80. The average molecular weight is 243 g/mol. The van der Waals surface area contributed by atoms with E-state index < -0.39 is 4.92 Å². The van der Waals surface area contributed by atoms with Crippen molar-refractivity contribution in [3.63, 3.8) is 0 Å². The summed E-state index contributed by atoms with van der Waals surface area (Å²) in [5.41, 5.74) is 0.814. The third-order valence-electron chi connectivity index (χ3n) is 2.40. The zero-order valence-electron chi connectivity index (χ0n) is 9.85. The van der Waals surface area contributed by atoms with Gasteiger partial charge in [-0.3, -0.25) is 10.1 Å². The van der Waals surface area contributed by atoms with Crippen LogP contribution in [0.3, 0.4) is 0 Å². The van der Waals surface area contributed by atoms with Gasteiger partial charge in [-0.25, -0.2) is 0 Å². The molecule has 5 heteroatoms. The molecule has 0 saturated carbocycles. The molecule has 1 rings (SSSR count). The second-order valence-corrected chi connectivity index (χ2v) is 3.69. The number of non-ortho nitro benzene ring substituents is 1. The van der Waals surface area contributed by atoms with E-state index in [4.69, 9.17) is 11.7 Å². The van der Waals surface area contributed by atoms with Gasteiger partial charge in [-0.1, -0.05) is 0 Å².